The number of aliphatic hydroxyl groups excluding tert-OH is 1. The lowest BCUT2D eigenvalue weighted by Gasteiger charge is -2.16. The SMILES string of the molecule is CN1CCN(Cc2ccccc2C#CCO)C1=O. The molecule has 18 heavy (non-hydrogen) atoms. The molecule has 4 nitrogen and oxygen atoms in total. The van der Waals surface area contributed by atoms with E-state index in [1.807, 2.05) is 24.3 Å². The number of hydrogen-bond donors (Lipinski definition) is 1. The number of carbonyl (C=O) groups is 1. The van der Waals surface area contributed by atoms with Crippen LogP contribution in [0.15, 0.2) is 24.3 Å². The van der Waals surface area contributed by atoms with Crippen molar-refractivity contribution in [2.75, 3.05) is 26.7 Å². The molecule has 1 aromatic rings. The maximum atomic E-state index is 11.8. The number of likely N-dealkylation sites (N-methyl/N-ethyl adjacent to an activating group) is 1. The van der Waals surface area contributed by atoms with Crippen LogP contribution < -0.4 is 0 Å². The minimum Gasteiger partial charge on any atom is -0.384 e. The molecule has 1 fully saturated rings. The number of nitrogens with zero attached hydrogens (tertiary/aromatic N) is 2. The maximum Gasteiger partial charge on any atom is 0.320 e. The topological polar surface area (TPSA) is 43.8 Å². The van der Waals surface area contributed by atoms with Crippen molar-refractivity contribution >= 4 is 6.03 Å². The molecular formula is C14H16N2O2. The van der Waals surface area contributed by atoms with Gasteiger partial charge in [0.25, 0.3) is 0 Å². The second-order valence-electron chi connectivity index (χ2n) is 4.24. The zero-order chi connectivity index (χ0) is 13.0. The van der Waals surface area contributed by atoms with Gasteiger partial charge in [0.15, 0.2) is 0 Å². The summed E-state index contributed by atoms with van der Waals surface area (Å²) in [5.41, 5.74) is 1.89. The van der Waals surface area contributed by atoms with Crippen molar-refractivity contribution < 1.29 is 9.90 Å². The highest BCUT2D eigenvalue weighted by molar-refractivity contribution is 5.76. The van der Waals surface area contributed by atoms with E-state index in [0.717, 1.165) is 24.2 Å². The molecule has 0 unspecified atom stereocenters. The summed E-state index contributed by atoms with van der Waals surface area (Å²) in [6.45, 7) is 1.93. The van der Waals surface area contributed by atoms with E-state index in [2.05, 4.69) is 11.8 Å². The van der Waals surface area contributed by atoms with E-state index < -0.39 is 0 Å². The van der Waals surface area contributed by atoms with Gasteiger partial charge >= 0.3 is 6.03 Å². The number of carbonyl (C=O) groups excluding carboxylic acids is 1. The number of hydrogen-bond acceptors (Lipinski definition) is 2. The zero-order valence-corrected chi connectivity index (χ0v) is 10.4. The summed E-state index contributed by atoms with van der Waals surface area (Å²) in [7, 11) is 1.81. The number of amides is 2. The third-order valence-corrected chi connectivity index (χ3v) is 2.98. The number of rotatable bonds is 2. The lowest BCUT2D eigenvalue weighted by molar-refractivity contribution is 0.197. The van der Waals surface area contributed by atoms with Gasteiger partial charge in [0.1, 0.15) is 6.61 Å². The summed E-state index contributed by atoms with van der Waals surface area (Å²) in [6.07, 6.45) is 0. The van der Waals surface area contributed by atoms with Gasteiger partial charge in [-0.25, -0.2) is 4.79 Å². The van der Waals surface area contributed by atoms with Crippen LogP contribution in [0.5, 0.6) is 0 Å². The van der Waals surface area contributed by atoms with Gasteiger partial charge in [-0.1, -0.05) is 30.0 Å². The fourth-order valence-corrected chi connectivity index (χ4v) is 1.97. The first-order valence-electron chi connectivity index (χ1n) is 5.90. The van der Waals surface area contributed by atoms with E-state index >= 15 is 0 Å². The van der Waals surface area contributed by atoms with Crippen LogP contribution in [-0.2, 0) is 6.54 Å². The Labute approximate surface area is 107 Å². The molecule has 1 N–H and O–H groups in total. The Morgan fingerprint density at radius 2 is 2.11 bits per heavy atom. The summed E-state index contributed by atoms with van der Waals surface area (Å²) < 4.78 is 0. The molecule has 0 aliphatic carbocycles. The molecule has 2 amide bonds. The normalized spacial score (nSPS) is 14.7. The van der Waals surface area contributed by atoms with Gasteiger partial charge in [0.2, 0.25) is 0 Å². The van der Waals surface area contributed by atoms with Gasteiger partial charge in [-0.2, -0.15) is 0 Å². The molecule has 1 saturated heterocycles. The highest BCUT2D eigenvalue weighted by Gasteiger charge is 2.25. The molecule has 1 aromatic carbocycles. The van der Waals surface area contributed by atoms with Crippen molar-refractivity contribution in [3.8, 4) is 11.8 Å². The van der Waals surface area contributed by atoms with E-state index in [0.29, 0.717) is 6.54 Å². The lowest BCUT2D eigenvalue weighted by atomic mass is 10.1. The summed E-state index contributed by atoms with van der Waals surface area (Å²) in [4.78, 5) is 15.3. The van der Waals surface area contributed by atoms with Crippen LogP contribution >= 0.6 is 0 Å². The first-order valence-corrected chi connectivity index (χ1v) is 5.90. The summed E-state index contributed by atoms with van der Waals surface area (Å²) in [6, 6.07) is 7.77. The van der Waals surface area contributed by atoms with Crippen LogP contribution in [0.25, 0.3) is 0 Å². The van der Waals surface area contributed by atoms with Gasteiger partial charge < -0.3 is 14.9 Å². The second-order valence-corrected chi connectivity index (χ2v) is 4.24. The van der Waals surface area contributed by atoms with Gasteiger partial charge in [0.05, 0.1) is 0 Å². The zero-order valence-electron chi connectivity index (χ0n) is 10.4. The van der Waals surface area contributed by atoms with Crippen LogP contribution in [0.4, 0.5) is 4.79 Å². The summed E-state index contributed by atoms with van der Waals surface area (Å²) >= 11 is 0. The fourth-order valence-electron chi connectivity index (χ4n) is 1.97. The van der Waals surface area contributed by atoms with Crippen LogP contribution in [0.2, 0.25) is 0 Å². The summed E-state index contributed by atoms with van der Waals surface area (Å²) in [5, 5.41) is 8.73. The van der Waals surface area contributed by atoms with Crippen LogP contribution in [0.1, 0.15) is 11.1 Å². The molecule has 94 valence electrons. The first kappa shape index (κ1) is 12.5. The second kappa shape index (κ2) is 5.56. The van der Waals surface area contributed by atoms with Crippen molar-refractivity contribution in [3.63, 3.8) is 0 Å². The maximum absolute atomic E-state index is 11.8. The Morgan fingerprint density at radius 1 is 1.33 bits per heavy atom. The van der Waals surface area contributed by atoms with Gasteiger partial charge in [-0.15, -0.1) is 0 Å². The van der Waals surface area contributed by atoms with Crippen molar-refractivity contribution in [1.29, 1.82) is 0 Å². The molecule has 0 atom stereocenters. The van der Waals surface area contributed by atoms with E-state index in [9.17, 15) is 4.79 Å². The molecule has 4 heteroatoms. The minimum atomic E-state index is -0.153. The van der Waals surface area contributed by atoms with E-state index in [1.165, 1.54) is 0 Å². The van der Waals surface area contributed by atoms with Crippen molar-refractivity contribution in [2.24, 2.45) is 0 Å². The van der Waals surface area contributed by atoms with Crippen LogP contribution in [0, 0.1) is 11.8 Å². The molecule has 0 aromatic heterocycles. The molecule has 0 spiro atoms. The van der Waals surface area contributed by atoms with Crippen LogP contribution in [-0.4, -0.2) is 47.7 Å². The molecule has 2 rings (SSSR count). The number of urea groups is 1. The lowest BCUT2D eigenvalue weighted by Crippen LogP contribution is -2.29. The smallest absolute Gasteiger partial charge is 0.320 e. The summed E-state index contributed by atoms with van der Waals surface area (Å²) in [5.74, 6) is 5.55. The van der Waals surface area contributed by atoms with E-state index in [1.54, 1.807) is 16.8 Å². The standard InChI is InChI=1S/C14H16N2O2/c1-15-8-9-16(14(15)18)11-13-6-3-2-5-12(13)7-4-10-17/h2-3,5-6,17H,8-11H2,1H3. The quantitative estimate of drug-likeness (QED) is 0.785. The van der Waals surface area contributed by atoms with Crippen LogP contribution in [0.3, 0.4) is 0 Å². The molecule has 0 bridgehead atoms. The molecule has 0 saturated carbocycles. The highest BCUT2D eigenvalue weighted by atomic mass is 16.2. The first-order chi connectivity index (χ1) is 8.72. The monoisotopic (exact) mass is 244 g/mol. The molecule has 0 radical (unpaired) electrons. The largest absolute Gasteiger partial charge is 0.384 e. The highest BCUT2D eigenvalue weighted by Crippen LogP contribution is 2.14. The van der Waals surface area contributed by atoms with E-state index in [4.69, 9.17) is 5.11 Å². The van der Waals surface area contributed by atoms with Gasteiger partial charge in [-0.3, -0.25) is 0 Å². The predicted molar refractivity (Wildman–Crippen MR) is 68.8 cm³/mol. The Morgan fingerprint density at radius 3 is 2.78 bits per heavy atom. The Balaban J connectivity index is 2.16. The molecule has 1 aliphatic heterocycles. The van der Waals surface area contributed by atoms with Gasteiger partial charge in [-0.05, 0) is 11.6 Å². The minimum absolute atomic E-state index is 0.0555. The van der Waals surface area contributed by atoms with Crippen molar-refractivity contribution in [2.45, 2.75) is 6.54 Å². The Hall–Kier alpha value is -1.99. The molecule has 1 aliphatic rings. The third kappa shape index (κ3) is 2.63. The van der Waals surface area contributed by atoms with E-state index in [-0.39, 0.29) is 12.6 Å². The third-order valence-electron chi connectivity index (χ3n) is 2.98. The van der Waals surface area contributed by atoms with Crippen molar-refractivity contribution in [3.05, 3.63) is 35.4 Å². The van der Waals surface area contributed by atoms with Gasteiger partial charge in [0, 0.05) is 32.2 Å². The average molecular weight is 244 g/mol. The number of aliphatic hydroxyl groups is 1. The predicted octanol–water partition coefficient (Wildman–Crippen LogP) is 0.898. The van der Waals surface area contributed by atoms with Crippen molar-refractivity contribution in [1.82, 2.24) is 9.80 Å². The molecule has 1 heterocycles. The fraction of sp³-hybridized carbons (Fsp3) is 0.357. The average Bonchev–Trinajstić information content (AvgIpc) is 2.70. The molecular weight excluding hydrogens is 228 g/mol. The Bertz CT molecular complexity index is 502. The number of benzene rings is 1. The Kier molecular flexibility index (Phi) is 3.85.